The van der Waals surface area contributed by atoms with Crippen LogP contribution < -0.4 is 5.32 Å². The van der Waals surface area contributed by atoms with Crippen molar-refractivity contribution in [3.63, 3.8) is 0 Å². The van der Waals surface area contributed by atoms with Gasteiger partial charge in [-0.25, -0.2) is 4.79 Å². The topological polar surface area (TPSA) is 38.3 Å². The number of esters is 1. The van der Waals surface area contributed by atoms with Gasteiger partial charge in [-0.1, -0.05) is 0 Å². The van der Waals surface area contributed by atoms with E-state index in [0.29, 0.717) is 0 Å². The van der Waals surface area contributed by atoms with Crippen LogP contribution in [0.1, 0.15) is 0 Å². The highest BCUT2D eigenvalue weighted by molar-refractivity contribution is 7.98. The third kappa shape index (κ3) is 4.08. The van der Waals surface area contributed by atoms with Crippen molar-refractivity contribution in [3.05, 3.63) is 36.5 Å². The van der Waals surface area contributed by atoms with Crippen LogP contribution in [0.15, 0.2) is 41.4 Å². The van der Waals surface area contributed by atoms with Crippen LogP contribution in [0.5, 0.6) is 0 Å². The molecular weight excluding hydrogens is 210 g/mol. The van der Waals surface area contributed by atoms with E-state index in [1.54, 1.807) is 18.0 Å². The summed E-state index contributed by atoms with van der Waals surface area (Å²) in [5.74, 6) is -0.372. The lowest BCUT2D eigenvalue weighted by Crippen LogP contribution is -1.96. The molecule has 80 valence electrons. The zero-order valence-corrected chi connectivity index (χ0v) is 9.51. The fourth-order valence-electron chi connectivity index (χ4n) is 0.961. The van der Waals surface area contributed by atoms with Gasteiger partial charge in [0.15, 0.2) is 0 Å². The van der Waals surface area contributed by atoms with Gasteiger partial charge in [0.25, 0.3) is 0 Å². The molecular formula is C11H13NO2S. The molecule has 4 heteroatoms. The van der Waals surface area contributed by atoms with Gasteiger partial charge < -0.3 is 10.1 Å². The van der Waals surface area contributed by atoms with Crippen molar-refractivity contribution in [1.82, 2.24) is 0 Å². The molecule has 0 aliphatic carbocycles. The molecule has 0 atom stereocenters. The summed E-state index contributed by atoms with van der Waals surface area (Å²) >= 11 is 1.69. The van der Waals surface area contributed by atoms with Crippen molar-refractivity contribution < 1.29 is 9.53 Å². The molecule has 0 aromatic heterocycles. The Labute approximate surface area is 93.5 Å². The Morgan fingerprint density at radius 3 is 2.60 bits per heavy atom. The maximum Gasteiger partial charge on any atom is 0.331 e. The number of hydrogen-bond acceptors (Lipinski definition) is 4. The van der Waals surface area contributed by atoms with Gasteiger partial charge in [-0.2, -0.15) is 0 Å². The Morgan fingerprint density at radius 2 is 2.07 bits per heavy atom. The third-order valence-electron chi connectivity index (χ3n) is 1.76. The minimum absolute atomic E-state index is 0.372. The van der Waals surface area contributed by atoms with E-state index in [2.05, 4.69) is 10.1 Å². The second-order valence-corrected chi connectivity index (χ2v) is 3.61. The molecule has 1 N–H and O–H groups in total. The van der Waals surface area contributed by atoms with Crippen molar-refractivity contribution in [1.29, 1.82) is 0 Å². The fraction of sp³-hybridized carbons (Fsp3) is 0.182. The number of thioether (sulfide) groups is 1. The number of benzene rings is 1. The summed E-state index contributed by atoms with van der Waals surface area (Å²) < 4.78 is 4.46. The quantitative estimate of drug-likeness (QED) is 0.483. The predicted molar refractivity (Wildman–Crippen MR) is 63.0 cm³/mol. The van der Waals surface area contributed by atoms with Crippen molar-refractivity contribution in [2.24, 2.45) is 0 Å². The van der Waals surface area contributed by atoms with Crippen LogP contribution in [-0.4, -0.2) is 19.3 Å². The van der Waals surface area contributed by atoms with Crippen molar-refractivity contribution in [3.8, 4) is 0 Å². The van der Waals surface area contributed by atoms with E-state index in [0.717, 1.165) is 5.69 Å². The number of nitrogens with one attached hydrogen (secondary N) is 1. The first-order valence-corrected chi connectivity index (χ1v) is 5.64. The van der Waals surface area contributed by atoms with Gasteiger partial charge in [-0.15, -0.1) is 11.8 Å². The summed E-state index contributed by atoms with van der Waals surface area (Å²) in [6.45, 7) is 0. The molecule has 0 aliphatic heterocycles. The van der Waals surface area contributed by atoms with E-state index >= 15 is 0 Å². The number of methoxy groups -OCH3 is 1. The third-order valence-corrected chi connectivity index (χ3v) is 2.50. The summed E-state index contributed by atoms with van der Waals surface area (Å²) in [7, 11) is 1.35. The second-order valence-electron chi connectivity index (χ2n) is 2.73. The smallest absolute Gasteiger partial charge is 0.331 e. The summed E-state index contributed by atoms with van der Waals surface area (Å²) in [4.78, 5) is 12.0. The molecule has 3 nitrogen and oxygen atoms in total. The first-order valence-electron chi connectivity index (χ1n) is 4.41. The lowest BCUT2D eigenvalue weighted by atomic mass is 10.3. The molecule has 0 unspecified atom stereocenters. The van der Waals surface area contributed by atoms with Crippen LogP contribution in [0.25, 0.3) is 0 Å². The number of anilines is 1. The molecule has 0 fully saturated rings. The zero-order valence-electron chi connectivity index (χ0n) is 8.69. The fourth-order valence-corrected chi connectivity index (χ4v) is 1.37. The summed E-state index contributed by atoms with van der Waals surface area (Å²) in [5.41, 5.74) is 0.938. The molecule has 1 aromatic rings. The van der Waals surface area contributed by atoms with Gasteiger partial charge in [0.2, 0.25) is 0 Å². The molecule has 0 saturated heterocycles. The first-order chi connectivity index (χ1) is 7.26. The molecule has 0 spiro atoms. The van der Waals surface area contributed by atoms with Crippen LogP contribution >= 0.6 is 11.8 Å². The van der Waals surface area contributed by atoms with Crippen LogP contribution in [0.4, 0.5) is 5.69 Å². The van der Waals surface area contributed by atoms with Crippen LogP contribution in [0.2, 0.25) is 0 Å². The molecule has 0 bridgehead atoms. The molecule has 1 rings (SSSR count). The second kappa shape index (κ2) is 6.14. The van der Waals surface area contributed by atoms with Crippen LogP contribution in [0, 0.1) is 0 Å². The van der Waals surface area contributed by atoms with Gasteiger partial charge in [0.1, 0.15) is 0 Å². The number of hydrogen-bond donors (Lipinski definition) is 1. The Hall–Kier alpha value is -1.42. The molecule has 15 heavy (non-hydrogen) atoms. The van der Waals surface area contributed by atoms with E-state index in [4.69, 9.17) is 0 Å². The van der Waals surface area contributed by atoms with Gasteiger partial charge >= 0.3 is 5.97 Å². The Kier molecular flexibility index (Phi) is 4.77. The highest BCUT2D eigenvalue weighted by Crippen LogP contribution is 2.17. The molecule has 0 aliphatic rings. The minimum atomic E-state index is -0.372. The average Bonchev–Trinajstić information content (AvgIpc) is 2.29. The lowest BCUT2D eigenvalue weighted by molar-refractivity contribution is -0.134. The maximum absolute atomic E-state index is 10.8. The number of rotatable bonds is 4. The summed E-state index contributed by atoms with van der Waals surface area (Å²) in [6, 6.07) is 7.93. The number of carbonyl (C=O) groups is 1. The Morgan fingerprint density at radius 1 is 1.40 bits per heavy atom. The lowest BCUT2D eigenvalue weighted by Gasteiger charge is -2.01. The van der Waals surface area contributed by atoms with Crippen LogP contribution in [0.3, 0.4) is 0 Å². The monoisotopic (exact) mass is 223 g/mol. The largest absolute Gasteiger partial charge is 0.466 e. The van der Waals surface area contributed by atoms with Crippen LogP contribution in [-0.2, 0) is 9.53 Å². The molecule has 0 saturated carbocycles. The van der Waals surface area contributed by atoms with E-state index < -0.39 is 0 Å². The zero-order chi connectivity index (χ0) is 11.1. The normalized spacial score (nSPS) is 10.3. The standard InChI is InChI=1S/C11H13NO2S/c1-14-11(13)7-8-12-9-3-5-10(15-2)6-4-9/h3-8,12H,1-2H3/b8-7+. The van der Waals surface area contributed by atoms with Crippen molar-refractivity contribution >= 4 is 23.4 Å². The average molecular weight is 223 g/mol. The van der Waals surface area contributed by atoms with Crippen molar-refractivity contribution in [2.75, 3.05) is 18.7 Å². The Balaban J connectivity index is 2.51. The number of carbonyl (C=O) groups excluding carboxylic acids is 1. The maximum atomic E-state index is 10.8. The molecule has 0 heterocycles. The Bertz CT molecular complexity index is 346. The van der Waals surface area contributed by atoms with Crippen molar-refractivity contribution in [2.45, 2.75) is 4.90 Å². The van der Waals surface area contributed by atoms with Gasteiger partial charge in [0.05, 0.1) is 7.11 Å². The highest BCUT2D eigenvalue weighted by Gasteiger charge is 1.92. The predicted octanol–water partition coefficient (Wildman–Crippen LogP) is 2.51. The first kappa shape index (κ1) is 11.7. The van der Waals surface area contributed by atoms with E-state index in [1.165, 1.54) is 18.1 Å². The molecule has 0 amide bonds. The van der Waals surface area contributed by atoms with Gasteiger partial charge in [-0.3, -0.25) is 0 Å². The highest BCUT2D eigenvalue weighted by atomic mass is 32.2. The molecule has 0 radical (unpaired) electrons. The SMILES string of the molecule is COC(=O)/C=C/Nc1ccc(SC)cc1. The minimum Gasteiger partial charge on any atom is -0.466 e. The number of ether oxygens (including phenoxy) is 1. The van der Waals surface area contributed by atoms with Gasteiger partial charge in [-0.05, 0) is 30.5 Å². The summed E-state index contributed by atoms with van der Waals surface area (Å²) in [6.07, 6.45) is 4.92. The van der Waals surface area contributed by atoms with Gasteiger partial charge in [0, 0.05) is 22.9 Å². The van der Waals surface area contributed by atoms with E-state index in [9.17, 15) is 4.79 Å². The summed E-state index contributed by atoms with van der Waals surface area (Å²) in [5, 5.41) is 2.97. The van der Waals surface area contributed by atoms with E-state index in [-0.39, 0.29) is 5.97 Å². The molecule has 1 aromatic carbocycles. The van der Waals surface area contributed by atoms with E-state index in [1.807, 2.05) is 30.5 Å².